The van der Waals surface area contributed by atoms with E-state index in [1.165, 1.54) is 4.90 Å². The number of ether oxygens (including phenoxy) is 1. The molecule has 1 amide bonds. The average molecular weight is 279 g/mol. The van der Waals surface area contributed by atoms with Crippen LogP contribution in [-0.4, -0.2) is 23.0 Å². The molecule has 0 aliphatic heterocycles. The number of thioether (sulfide) groups is 1. The number of rotatable bonds is 4. The molecule has 0 aromatic heterocycles. The van der Waals surface area contributed by atoms with Gasteiger partial charge in [0.1, 0.15) is 5.60 Å². The number of carbonyl (C=O) groups is 1. The van der Waals surface area contributed by atoms with E-state index in [9.17, 15) is 4.79 Å². The first kappa shape index (κ1) is 14.3. The van der Waals surface area contributed by atoms with Crippen LogP contribution in [0, 0.1) is 0 Å². The zero-order chi connectivity index (χ0) is 13.9. The first-order chi connectivity index (χ1) is 8.89. The lowest BCUT2D eigenvalue weighted by Crippen LogP contribution is -2.42. The van der Waals surface area contributed by atoms with Gasteiger partial charge in [-0.15, -0.1) is 11.8 Å². The Hall–Kier alpha value is -1.16. The summed E-state index contributed by atoms with van der Waals surface area (Å²) in [6, 6.07) is 10.3. The summed E-state index contributed by atoms with van der Waals surface area (Å²) in [6.07, 6.45) is 1.76. The van der Waals surface area contributed by atoms with Gasteiger partial charge in [-0.05, 0) is 45.7 Å². The molecule has 0 radical (unpaired) electrons. The summed E-state index contributed by atoms with van der Waals surface area (Å²) in [5.41, 5.74) is -0.504. The summed E-state index contributed by atoms with van der Waals surface area (Å²) < 4.78 is 5.31. The van der Waals surface area contributed by atoms with E-state index >= 15 is 0 Å². The number of amides is 1. The highest BCUT2D eigenvalue weighted by Crippen LogP contribution is 2.40. The molecule has 104 valence electrons. The number of hydrogen-bond acceptors (Lipinski definition) is 3. The minimum Gasteiger partial charge on any atom is -0.444 e. The second-order valence-corrected chi connectivity index (χ2v) is 7.06. The first-order valence-electron chi connectivity index (χ1n) is 6.58. The van der Waals surface area contributed by atoms with Crippen LogP contribution >= 0.6 is 11.8 Å². The molecule has 0 bridgehead atoms. The second-order valence-electron chi connectivity index (χ2n) is 6.01. The van der Waals surface area contributed by atoms with Crippen LogP contribution in [0.5, 0.6) is 0 Å². The summed E-state index contributed by atoms with van der Waals surface area (Å²) in [7, 11) is 0. The quantitative estimate of drug-likeness (QED) is 0.851. The molecule has 4 heteroatoms. The molecule has 19 heavy (non-hydrogen) atoms. The smallest absolute Gasteiger partial charge is 0.408 e. The molecule has 2 rings (SSSR count). The van der Waals surface area contributed by atoms with E-state index in [4.69, 9.17) is 4.74 Å². The predicted molar refractivity (Wildman–Crippen MR) is 78.5 cm³/mol. The largest absolute Gasteiger partial charge is 0.444 e. The molecule has 1 saturated carbocycles. The van der Waals surface area contributed by atoms with Crippen LogP contribution in [0.1, 0.15) is 33.6 Å². The topological polar surface area (TPSA) is 38.3 Å². The number of benzene rings is 1. The zero-order valence-corrected chi connectivity index (χ0v) is 12.5. The van der Waals surface area contributed by atoms with Gasteiger partial charge in [0, 0.05) is 10.6 Å². The molecule has 1 aromatic carbocycles. The van der Waals surface area contributed by atoms with Gasteiger partial charge in [0.05, 0.1) is 5.54 Å². The van der Waals surface area contributed by atoms with Crippen molar-refractivity contribution >= 4 is 17.9 Å². The van der Waals surface area contributed by atoms with E-state index in [0.29, 0.717) is 0 Å². The van der Waals surface area contributed by atoms with Gasteiger partial charge in [-0.25, -0.2) is 4.79 Å². The van der Waals surface area contributed by atoms with Crippen LogP contribution < -0.4 is 5.32 Å². The predicted octanol–water partition coefficient (Wildman–Crippen LogP) is 3.84. The lowest BCUT2D eigenvalue weighted by Gasteiger charge is -2.23. The molecule has 1 aliphatic carbocycles. The van der Waals surface area contributed by atoms with E-state index in [1.807, 2.05) is 39.0 Å². The van der Waals surface area contributed by atoms with E-state index < -0.39 is 5.60 Å². The molecular weight excluding hydrogens is 258 g/mol. The Labute approximate surface area is 119 Å². The van der Waals surface area contributed by atoms with Gasteiger partial charge in [0.2, 0.25) is 0 Å². The summed E-state index contributed by atoms with van der Waals surface area (Å²) >= 11 is 1.78. The molecule has 1 aromatic rings. The number of carbonyl (C=O) groups excluding carboxylic acids is 1. The first-order valence-corrected chi connectivity index (χ1v) is 7.56. The highest BCUT2D eigenvalue weighted by molar-refractivity contribution is 7.99. The number of alkyl carbamates (subject to hydrolysis) is 1. The van der Waals surface area contributed by atoms with Crippen molar-refractivity contribution in [3.05, 3.63) is 30.3 Å². The van der Waals surface area contributed by atoms with E-state index in [2.05, 4.69) is 17.4 Å². The van der Waals surface area contributed by atoms with Crippen molar-refractivity contribution < 1.29 is 9.53 Å². The Bertz CT molecular complexity index is 435. The Morgan fingerprint density at radius 3 is 2.47 bits per heavy atom. The maximum absolute atomic E-state index is 11.8. The molecule has 1 N–H and O–H groups in total. The Kier molecular flexibility index (Phi) is 4.09. The summed E-state index contributed by atoms with van der Waals surface area (Å²) in [5, 5.41) is 3.01. The van der Waals surface area contributed by atoms with E-state index in [-0.39, 0.29) is 11.6 Å². The highest BCUT2D eigenvalue weighted by Gasteiger charge is 2.44. The lowest BCUT2D eigenvalue weighted by molar-refractivity contribution is 0.0503. The SMILES string of the molecule is CC(C)(C)OC(=O)NC1(CSc2ccccc2)CC1. The highest BCUT2D eigenvalue weighted by atomic mass is 32.2. The van der Waals surface area contributed by atoms with Crippen molar-refractivity contribution in [2.75, 3.05) is 5.75 Å². The molecule has 0 atom stereocenters. The third-order valence-corrected chi connectivity index (χ3v) is 4.18. The number of hydrogen-bond donors (Lipinski definition) is 1. The Morgan fingerprint density at radius 1 is 1.32 bits per heavy atom. The lowest BCUT2D eigenvalue weighted by atomic mass is 10.2. The molecule has 0 spiro atoms. The van der Waals surface area contributed by atoms with E-state index in [0.717, 1.165) is 18.6 Å². The fourth-order valence-electron chi connectivity index (χ4n) is 1.71. The summed E-state index contributed by atoms with van der Waals surface area (Å²) in [5.74, 6) is 0.899. The van der Waals surface area contributed by atoms with Crippen LogP contribution in [0.4, 0.5) is 4.79 Å². The molecule has 1 fully saturated rings. The summed E-state index contributed by atoms with van der Waals surface area (Å²) in [6.45, 7) is 5.64. The second kappa shape index (κ2) is 5.45. The van der Waals surface area contributed by atoms with Gasteiger partial charge in [-0.2, -0.15) is 0 Å². The molecular formula is C15H21NO2S. The van der Waals surface area contributed by atoms with Crippen molar-refractivity contribution in [3.8, 4) is 0 Å². The van der Waals surface area contributed by atoms with E-state index in [1.54, 1.807) is 11.8 Å². The van der Waals surface area contributed by atoms with Gasteiger partial charge in [0.25, 0.3) is 0 Å². The third-order valence-electron chi connectivity index (χ3n) is 2.88. The van der Waals surface area contributed by atoms with Gasteiger partial charge < -0.3 is 10.1 Å². The van der Waals surface area contributed by atoms with Gasteiger partial charge in [-0.1, -0.05) is 18.2 Å². The molecule has 0 unspecified atom stereocenters. The normalized spacial score (nSPS) is 16.8. The standard InChI is InChI=1S/C15H21NO2S/c1-14(2,3)18-13(17)16-15(9-10-15)11-19-12-7-5-4-6-8-12/h4-8H,9-11H2,1-3H3,(H,16,17). The Balaban J connectivity index is 1.82. The van der Waals surface area contributed by atoms with Crippen LogP contribution in [0.2, 0.25) is 0 Å². The van der Waals surface area contributed by atoms with Crippen molar-refractivity contribution in [2.24, 2.45) is 0 Å². The van der Waals surface area contributed by atoms with Crippen molar-refractivity contribution in [2.45, 2.75) is 49.6 Å². The third kappa shape index (κ3) is 4.78. The van der Waals surface area contributed by atoms with Crippen molar-refractivity contribution in [1.29, 1.82) is 0 Å². The van der Waals surface area contributed by atoms with Crippen LogP contribution in [0.3, 0.4) is 0 Å². The van der Waals surface area contributed by atoms with Gasteiger partial charge in [-0.3, -0.25) is 0 Å². The van der Waals surface area contributed by atoms with Gasteiger partial charge in [0.15, 0.2) is 0 Å². The van der Waals surface area contributed by atoms with Crippen LogP contribution in [0.25, 0.3) is 0 Å². The van der Waals surface area contributed by atoms with Crippen LogP contribution in [-0.2, 0) is 4.74 Å². The van der Waals surface area contributed by atoms with Crippen molar-refractivity contribution in [1.82, 2.24) is 5.32 Å². The average Bonchev–Trinajstić information content (AvgIpc) is 3.05. The maximum atomic E-state index is 11.8. The number of nitrogens with one attached hydrogen (secondary N) is 1. The molecule has 0 saturated heterocycles. The van der Waals surface area contributed by atoms with Crippen molar-refractivity contribution in [3.63, 3.8) is 0 Å². The Morgan fingerprint density at radius 2 is 1.95 bits per heavy atom. The van der Waals surface area contributed by atoms with Gasteiger partial charge >= 0.3 is 6.09 Å². The van der Waals surface area contributed by atoms with Crippen LogP contribution in [0.15, 0.2) is 35.2 Å². The zero-order valence-electron chi connectivity index (χ0n) is 11.7. The molecule has 1 aliphatic rings. The minimum absolute atomic E-state index is 0.0666. The maximum Gasteiger partial charge on any atom is 0.408 e. The molecule has 0 heterocycles. The molecule has 3 nitrogen and oxygen atoms in total. The minimum atomic E-state index is -0.438. The summed E-state index contributed by atoms with van der Waals surface area (Å²) in [4.78, 5) is 13.0. The fraction of sp³-hybridized carbons (Fsp3) is 0.533. The fourth-order valence-corrected chi connectivity index (χ4v) is 2.87. The monoisotopic (exact) mass is 279 g/mol.